The molecule has 0 spiro atoms. The lowest BCUT2D eigenvalue weighted by Crippen LogP contribution is -2.24. The van der Waals surface area contributed by atoms with Crippen molar-refractivity contribution in [1.29, 1.82) is 0 Å². The van der Waals surface area contributed by atoms with Gasteiger partial charge in [0.15, 0.2) is 10.9 Å². The molecule has 0 bridgehead atoms. The summed E-state index contributed by atoms with van der Waals surface area (Å²) in [5.74, 6) is -0.586. The maximum absolute atomic E-state index is 13.1. The van der Waals surface area contributed by atoms with Crippen LogP contribution in [0.3, 0.4) is 0 Å². The minimum absolute atomic E-state index is 0.160. The molecule has 4 rings (SSSR count). The van der Waals surface area contributed by atoms with Gasteiger partial charge in [0, 0.05) is 21.5 Å². The monoisotopic (exact) mass is 481 g/mol. The molecular weight excluding hydrogens is 461 g/mol. The number of amides is 2. The predicted octanol–water partition coefficient (Wildman–Crippen LogP) is 6.30. The number of carbonyl (C=O) groups excluding carboxylic acids is 2. The zero-order chi connectivity index (χ0) is 23.2. The maximum Gasteiger partial charge on any atom is 0.291 e. The van der Waals surface area contributed by atoms with Crippen LogP contribution < -0.4 is 10.6 Å². The first-order valence-electron chi connectivity index (χ1n) is 10.2. The van der Waals surface area contributed by atoms with Crippen LogP contribution in [0.15, 0.2) is 81.6 Å². The third kappa shape index (κ3) is 5.88. The summed E-state index contributed by atoms with van der Waals surface area (Å²) in [6.07, 6.45) is 2.05. The fraction of sp³-hybridized carbons (Fsp3) is 0.125. The van der Waals surface area contributed by atoms with Crippen molar-refractivity contribution in [2.45, 2.75) is 23.5 Å². The second-order valence-corrected chi connectivity index (χ2v) is 9.14. The van der Waals surface area contributed by atoms with E-state index in [0.29, 0.717) is 22.9 Å². The number of rotatable bonds is 8. The van der Waals surface area contributed by atoms with Gasteiger partial charge >= 0.3 is 0 Å². The summed E-state index contributed by atoms with van der Waals surface area (Å²) in [6.45, 7) is 1.94. The molecule has 168 valence electrons. The molecule has 2 aromatic heterocycles. The topological polar surface area (TPSA) is 84.2 Å². The average molecular weight is 482 g/mol. The van der Waals surface area contributed by atoms with Gasteiger partial charge in [-0.2, -0.15) is 0 Å². The van der Waals surface area contributed by atoms with Gasteiger partial charge in [-0.15, -0.1) is 23.1 Å². The fourth-order valence-electron chi connectivity index (χ4n) is 3.00. The summed E-state index contributed by atoms with van der Waals surface area (Å²) in [7, 11) is 0. The minimum atomic E-state index is -0.348. The maximum atomic E-state index is 13.1. The van der Waals surface area contributed by atoms with Crippen LogP contribution in [0, 0.1) is 5.82 Å². The highest BCUT2D eigenvalue weighted by atomic mass is 32.2. The lowest BCUT2D eigenvalue weighted by atomic mass is 10.2. The number of hydrogen-bond donors (Lipinski definition) is 2. The Kier molecular flexibility index (Phi) is 7.21. The van der Waals surface area contributed by atoms with Crippen molar-refractivity contribution in [2.24, 2.45) is 0 Å². The summed E-state index contributed by atoms with van der Waals surface area (Å²) < 4.78 is 18.2. The highest BCUT2D eigenvalue weighted by molar-refractivity contribution is 8.00. The summed E-state index contributed by atoms with van der Waals surface area (Å²) in [5.41, 5.74) is 2.07. The number of halogens is 1. The number of anilines is 2. The van der Waals surface area contributed by atoms with E-state index in [4.69, 9.17) is 4.42 Å². The Bertz CT molecular complexity index is 1240. The Hall–Kier alpha value is -3.43. The first-order chi connectivity index (χ1) is 16.0. The van der Waals surface area contributed by atoms with E-state index in [9.17, 15) is 14.0 Å². The van der Waals surface area contributed by atoms with E-state index in [1.807, 2.05) is 30.5 Å². The number of nitrogens with zero attached hydrogens (tertiary/aromatic N) is 1. The number of thiazole rings is 1. The van der Waals surface area contributed by atoms with Gasteiger partial charge in [0.2, 0.25) is 5.91 Å². The van der Waals surface area contributed by atoms with E-state index in [1.165, 1.54) is 41.5 Å². The van der Waals surface area contributed by atoms with Crippen LogP contribution >= 0.6 is 23.1 Å². The number of aromatic nitrogens is 1. The van der Waals surface area contributed by atoms with E-state index in [-0.39, 0.29) is 28.6 Å². The minimum Gasteiger partial charge on any atom is -0.459 e. The first kappa shape index (κ1) is 22.8. The highest BCUT2D eigenvalue weighted by Gasteiger charge is 2.20. The van der Waals surface area contributed by atoms with E-state index >= 15 is 0 Å². The second kappa shape index (κ2) is 10.5. The fourth-order valence-corrected chi connectivity index (χ4v) is 4.74. The molecule has 0 aliphatic heterocycles. The number of hydrogen-bond acceptors (Lipinski definition) is 6. The highest BCUT2D eigenvalue weighted by Crippen LogP contribution is 2.30. The van der Waals surface area contributed by atoms with Gasteiger partial charge in [0.05, 0.1) is 17.2 Å². The van der Waals surface area contributed by atoms with Crippen molar-refractivity contribution in [1.82, 2.24) is 4.98 Å². The summed E-state index contributed by atoms with van der Waals surface area (Å²) >= 11 is 2.72. The van der Waals surface area contributed by atoms with E-state index in [1.54, 1.807) is 30.3 Å². The molecule has 0 radical (unpaired) electrons. The van der Waals surface area contributed by atoms with Crippen molar-refractivity contribution >= 4 is 45.7 Å². The number of furan rings is 1. The van der Waals surface area contributed by atoms with Crippen LogP contribution in [0.4, 0.5) is 15.2 Å². The zero-order valence-corrected chi connectivity index (χ0v) is 19.2. The van der Waals surface area contributed by atoms with Crippen molar-refractivity contribution in [2.75, 3.05) is 10.6 Å². The molecule has 0 saturated carbocycles. The van der Waals surface area contributed by atoms with Crippen molar-refractivity contribution in [3.8, 4) is 11.3 Å². The van der Waals surface area contributed by atoms with Crippen LogP contribution in [0.25, 0.3) is 11.3 Å². The van der Waals surface area contributed by atoms with E-state index in [0.717, 1.165) is 10.5 Å². The molecule has 1 unspecified atom stereocenters. The molecule has 6 nitrogen and oxygen atoms in total. The second-order valence-electron chi connectivity index (χ2n) is 7.01. The quantitative estimate of drug-likeness (QED) is 0.288. The Morgan fingerprint density at radius 2 is 1.94 bits per heavy atom. The lowest BCUT2D eigenvalue weighted by Gasteiger charge is -2.14. The number of carbonyl (C=O) groups is 2. The molecule has 2 heterocycles. The molecule has 2 N–H and O–H groups in total. The van der Waals surface area contributed by atoms with Crippen LogP contribution in [0.1, 0.15) is 23.9 Å². The largest absolute Gasteiger partial charge is 0.459 e. The molecular formula is C24H20FN3O3S2. The Labute approximate surface area is 198 Å². The third-order valence-electron chi connectivity index (χ3n) is 4.65. The zero-order valence-electron chi connectivity index (χ0n) is 17.6. The van der Waals surface area contributed by atoms with Gasteiger partial charge in [-0.05, 0) is 61.0 Å². The summed E-state index contributed by atoms with van der Waals surface area (Å²) in [5, 5.41) is 7.62. The molecule has 4 aromatic rings. The molecule has 1 atom stereocenters. The van der Waals surface area contributed by atoms with E-state index < -0.39 is 0 Å². The number of benzene rings is 2. The molecule has 0 aliphatic carbocycles. The standard InChI is InChI=1S/C24H20FN3O3S2/c1-2-21(23(30)28-24-27-19(14-32-24)15-8-10-16(25)11-9-15)33-18-6-3-5-17(13-18)26-22(29)20-7-4-12-31-20/h3-14,21H,2H2,1H3,(H,26,29)(H,27,28,30). The van der Waals surface area contributed by atoms with Gasteiger partial charge in [-0.1, -0.05) is 13.0 Å². The third-order valence-corrected chi connectivity index (χ3v) is 6.77. The van der Waals surface area contributed by atoms with Gasteiger partial charge in [0.1, 0.15) is 5.82 Å². The lowest BCUT2D eigenvalue weighted by molar-refractivity contribution is -0.115. The van der Waals surface area contributed by atoms with Gasteiger partial charge in [0.25, 0.3) is 5.91 Å². The normalized spacial score (nSPS) is 11.7. The Morgan fingerprint density at radius 3 is 2.67 bits per heavy atom. The smallest absolute Gasteiger partial charge is 0.291 e. The number of nitrogens with one attached hydrogen (secondary N) is 2. The average Bonchev–Trinajstić information content (AvgIpc) is 3.51. The molecule has 2 amide bonds. The van der Waals surface area contributed by atoms with Crippen LogP contribution in [0.5, 0.6) is 0 Å². The SMILES string of the molecule is CCC(Sc1cccc(NC(=O)c2ccco2)c1)C(=O)Nc1nc(-c2ccc(F)cc2)cs1. The molecule has 0 saturated heterocycles. The van der Waals surface area contributed by atoms with Gasteiger partial charge in [-0.25, -0.2) is 9.37 Å². The van der Waals surface area contributed by atoms with Gasteiger partial charge in [-0.3, -0.25) is 9.59 Å². The molecule has 33 heavy (non-hydrogen) atoms. The molecule has 2 aromatic carbocycles. The van der Waals surface area contributed by atoms with Crippen LogP contribution in [-0.4, -0.2) is 22.0 Å². The van der Waals surface area contributed by atoms with Crippen LogP contribution in [-0.2, 0) is 4.79 Å². The summed E-state index contributed by atoms with van der Waals surface area (Å²) in [6, 6.07) is 16.6. The predicted molar refractivity (Wildman–Crippen MR) is 129 cm³/mol. The van der Waals surface area contributed by atoms with Crippen molar-refractivity contribution in [3.63, 3.8) is 0 Å². The van der Waals surface area contributed by atoms with E-state index in [2.05, 4.69) is 15.6 Å². The molecule has 0 aliphatic rings. The molecule has 9 heteroatoms. The van der Waals surface area contributed by atoms with Crippen molar-refractivity contribution < 1.29 is 18.4 Å². The van der Waals surface area contributed by atoms with Crippen LogP contribution in [0.2, 0.25) is 0 Å². The van der Waals surface area contributed by atoms with Gasteiger partial charge < -0.3 is 15.1 Å². The Balaban J connectivity index is 1.39. The number of thioether (sulfide) groups is 1. The molecule has 0 fully saturated rings. The van der Waals surface area contributed by atoms with Crippen molar-refractivity contribution in [3.05, 3.63) is 83.9 Å². The summed E-state index contributed by atoms with van der Waals surface area (Å²) in [4.78, 5) is 30.3. The Morgan fingerprint density at radius 1 is 1.12 bits per heavy atom. The first-order valence-corrected chi connectivity index (χ1v) is 11.9.